The number of aromatic nitrogens is 1. The van der Waals surface area contributed by atoms with Crippen molar-refractivity contribution in [1.29, 1.82) is 0 Å². The van der Waals surface area contributed by atoms with Gasteiger partial charge in [-0.25, -0.2) is 8.42 Å². The summed E-state index contributed by atoms with van der Waals surface area (Å²) in [5.74, 6) is -0.894. The summed E-state index contributed by atoms with van der Waals surface area (Å²) in [5, 5.41) is 22.9. The van der Waals surface area contributed by atoms with Crippen LogP contribution in [0.4, 0.5) is 0 Å². The summed E-state index contributed by atoms with van der Waals surface area (Å²) in [6, 6.07) is 13.4. The fraction of sp³-hybridized carbons (Fsp3) is 0.500. The Morgan fingerprint density at radius 1 is 1.10 bits per heavy atom. The van der Waals surface area contributed by atoms with E-state index < -0.39 is 33.6 Å². The summed E-state index contributed by atoms with van der Waals surface area (Å²) in [4.78, 5) is 18.1. The van der Waals surface area contributed by atoms with Crippen LogP contribution in [-0.2, 0) is 19.6 Å². The third-order valence-corrected chi connectivity index (χ3v) is 9.33. The van der Waals surface area contributed by atoms with E-state index in [4.69, 9.17) is 9.84 Å². The number of nitrogens with zero attached hydrogens (tertiary/aromatic N) is 1. The van der Waals surface area contributed by atoms with Gasteiger partial charge in [0.25, 0.3) is 0 Å². The lowest BCUT2D eigenvalue weighted by Gasteiger charge is -2.40. The van der Waals surface area contributed by atoms with Crippen LogP contribution in [0.1, 0.15) is 68.6 Å². The van der Waals surface area contributed by atoms with E-state index in [0.29, 0.717) is 18.5 Å². The summed E-state index contributed by atoms with van der Waals surface area (Å²) >= 11 is 0. The number of unbranched alkanes of at least 4 members (excludes halogenated alkanes) is 1. The first-order chi connectivity index (χ1) is 20.3. The van der Waals surface area contributed by atoms with Crippen molar-refractivity contribution in [2.45, 2.75) is 69.7 Å². The lowest BCUT2D eigenvalue weighted by Crippen LogP contribution is -2.53. The molecule has 2 aliphatic rings. The predicted octanol–water partition coefficient (Wildman–Crippen LogP) is 3.67. The normalized spacial score (nSPS) is 22.0. The molecular formula is C32H43N3O6S. The lowest BCUT2D eigenvalue weighted by atomic mass is 9.73. The minimum Gasteiger partial charge on any atom is -0.396 e. The number of carbonyl (C=O) groups excluding carboxylic acids is 1. The molecule has 3 atom stereocenters. The first-order valence-electron chi connectivity index (χ1n) is 14.9. The minimum absolute atomic E-state index is 0.0304. The van der Waals surface area contributed by atoms with Gasteiger partial charge in [-0.2, -0.15) is 0 Å². The van der Waals surface area contributed by atoms with Crippen LogP contribution in [-0.4, -0.2) is 67.2 Å². The van der Waals surface area contributed by atoms with Crippen LogP contribution < -0.4 is 10.0 Å². The number of hydrogen-bond donors (Lipinski definition) is 4. The van der Waals surface area contributed by atoms with Gasteiger partial charge in [-0.15, -0.1) is 0 Å². The van der Waals surface area contributed by atoms with Crippen molar-refractivity contribution in [3.8, 4) is 0 Å². The molecule has 1 saturated carbocycles. The summed E-state index contributed by atoms with van der Waals surface area (Å²) in [7, 11) is -3.93. The Hall–Kier alpha value is -2.89. The maximum absolute atomic E-state index is 14.0. The molecule has 228 valence electrons. The van der Waals surface area contributed by atoms with Gasteiger partial charge in [0.2, 0.25) is 15.9 Å². The largest absolute Gasteiger partial charge is 0.396 e. The molecule has 0 radical (unpaired) electrons. The van der Waals surface area contributed by atoms with Crippen LogP contribution in [0.15, 0.2) is 73.1 Å². The molecule has 1 aromatic carbocycles. The molecule has 2 aliphatic carbocycles. The highest BCUT2D eigenvalue weighted by molar-refractivity contribution is 7.90. The van der Waals surface area contributed by atoms with Gasteiger partial charge < -0.3 is 20.3 Å². The molecule has 4 N–H and O–H groups in total. The molecule has 1 amide bonds. The molecule has 0 saturated heterocycles. The summed E-state index contributed by atoms with van der Waals surface area (Å²) in [6.45, 7) is 0.460. The SMILES string of the molecule is O=C(NS(=O)(=O)CCCCO)C1(CCNC[C@H](O)c2cccnc2)C=CC(c2ccccc2)=CC1OC1CCCCC1. The van der Waals surface area contributed by atoms with Gasteiger partial charge in [0, 0.05) is 31.1 Å². The highest BCUT2D eigenvalue weighted by Gasteiger charge is 2.47. The Labute approximate surface area is 249 Å². The first kappa shape index (κ1) is 32.0. The van der Waals surface area contributed by atoms with E-state index in [1.165, 1.54) is 0 Å². The van der Waals surface area contributed by atoms with Gasteiger partial charge >= 0.3 is 0 Å². The molecule has 0 aliphatic heterocycles. The number of aliphatic hydroxyl groups excluding tert-OH is 2. The zero-order valence-electron chi connectivity index (χ0n) is 24.0. The Morgan fingerprint density at radius 2 is 1.88 bits per heavy atom. The highest BCUT2D eigenvalue weighted by Crippen LogP contribution is 2.40. The second-order valence-corrected chi connectivity index (χ2v) is 13.0. The van der Waals surface area contributed by atoms with E-state index in [1.54, 1.807) is 30.6 Å². The molecule has 42 heavy (non-hydrogen) atoms. The van der Waals surface area contributed by atoms with Crippen molar-refractivity contribution in [3.63, 3.8) is 0 Å². The number of nitrogens with one attached hydrogen (secondary N) is 2. The molecule has 0 spiro atoms. The van der Waals surface area contributed by atoms with Gasteiger partial charge in [0.1, 0.15) is 0 Å². The minimum atomic E-state index is -3.93. The molecule has 0 bridgehead atoms. The zero-order chi connectivity index (χ0) is 29.8. The topological polar surface area (TPSA) is 138 Å². The Morgan fingerprint density at radius 3 is 2.60 bits per heavy atom. The molecule has 10 heteroatoms. The maximum Gasteiger partial charge on any atom is 0.246 e. The zero-order valence-corrected chi connectivity index (χ0v) is 24.8. The van der Waals surface area contributed by atoms with Crippen molar-refractivity contribution in [2.24, 2.45) is 5.41 Å². The molecule has 1 fully saturated rings. The first-order valence-corrected chi connectivity index (χ1v) is 16.5. The van der Waals surface area contributed by atoms with Crippen molar-refractivity contribution < 1.29 is 28.2 Å². The summed E-state index contributed by atoms with van der Waals surface area (Å²) in [6.07, 6.45) is 13.2. The molecule has 2 aromatic rings. The quantitative estimate of drug-likeness (QED) is 0.228. The Balaban J connectivity index is 1.59. The van der Waals surface area contributed by atoms with Crippen LogP contribution in [0, 0.1) is 5.41 Å². The molecule has 1 heterocycles. The number of allylic oxidation sites excluding steroid dienone is 2. The van der Waals surface area contributed by atoms with Gasteiger partial charge in [-0.3, -0.25) is 14.5 Å². The predicted molar refractivity (Wildman–Crippen MR) is 163 cm³/mol. The molecule has 2 unspecified atom stereocenters. The fourth-order valence-electron chi connectivity index (χ4n) is 5.55. The molecule has 4 rings (SSSR count). The number of ether oxygens (including phenoxy) is 1. The average molecular weight is 598 g/mol. The van der Waals surface area contributed by atoms with E-state index in [9.17, 15) is 18.3 Å². The van der Waals surface area contributed by atoms with E-state index in [1.807, 2.05) is 42.5 Å². The number of rotatable bonds is 15. The van der Waals surface area contributed by atoms with E-state index in [0.717, 1.165) is 43.2 Å². The summed E-state index contributed by atoms with van der Waals surface area (Å²) in [5.41, 5.74) is 1.27. The standard InChI is InChI=1S/C32H43N3O6S/c36-20-7-8-21-42(39,40)35-31(38)32(17-19-34-24-29(37)27-12-9-18-33-23-27)16-15-26(25-10-3-1-4-11-25)22-30(32)41-28-13-5-2-6-14-28/h1,3-4,9-12,15-16,18,22-23,28-30,34,36-37H,2,5-8,13-14,17,19-21,24H2,(H,35,38)/t29-,30?,32?/m0/s1. The van der Waals surface area contributed by atoms with Gasteiger partial charge in [-0.1, -0.05) is 67.8 Å². The fourth-order valence-corrected chi connectivity index (χ4v) is 6.71. The summed E-state index contributed by atoms with van der Waals surface area (Å²) < 4.78 is 34.8. The number of pyridine rings is 1. The monoisotopic (exact) mass is 597 g/mol. The number of carbonyl (C=O) groups is 1. The number of hydrogen-bond acceptors (Lipinski definition) is 8. The number of benzene rings is 1. The highest BCUT2D eigenvalue weighted by atomic mass is 32.2. The van der Waals surface area contributed by atoms with Crippen LogP contribution in [0.2, 0.25) is 0 Å². The van der Waals surface area contributed by atoms with Gasteiger partial charge in [0.05, 0.1) is 29.5 Å². The molecule has 1 aromatic heterocycles. The van der Waals surface area contributed by atoms with Gasteiger partial charge in [0.15, 0.2) is 0 Å². The van der Waals surface area contributed by atoms with E-state index >= 15 is 0 Å². The van der Waals surface area contributed by atoms with E-state index in [-0.39, 0.29) is 37.9 Å². The van der Waals surface area contributed by atoms with Crippen molar-refractivity contribution in [1.82, 2.24) is 15.0 Å². The van der Waals surface area contributed by atoms with Crippen LogP contribution in [0.5, 0.6) is 0 Å². The Kier molecular flexibility index (Phi) is 11.9. The van der Waals surface area contributed by atoms with Crippen LogP contribution >= 0.6 is 0 Å². The van der Waals surface area contributed by atoms with E-state index in [2.05, 4.69) is 15.0 Å². The third kappa shape index (κ3) is 8.81. The molecule has 9 nitrogen and oxygen atoms in total. The second-order valence-electron chi connectivity index (χ2n) is 11.1. The van der Waals surface area contributed by atoms with Crippen molar-refractivity contribution in [2.75, 3.05) is 25.4 Å². The van der Waals surface area contributed by atoms with Crippen LogP contribution in [0.25, 0.3) is 5.57 Å². The average Bonchev–Trinajstić information content (AvgIpc) is 3.01. The number of sulfonamides is 1. The number of amides is 1. The lowest BCUT2D eigenvalue weighted by molar-refractivity contribution is -0.137. The van der Waals surface area contributed by atoms with Crippen molar-refractivity contribution in [3.05, 3.63) is 84.2 Å². The number of aliphatic hydroxyl groups is 2. The smallest absolute Gasteiger partial charge is 0.246 e. The third-order valence-electron chi connectivity index (χ3n) is 8.01. The maximum atomic E-state index is 14.0. The van der Waals surface area contributed by atoms with Gasteiger partial charge in [-0.05, 0) is 61.9 Å². The van der Waals surface area contributed by atoms with Crippen LogP contribution in [0.3, 0.4) is 0 Å². The Bertz CT molecular complexity index is 1300. The molecular weight excluding hydrogens is 554 g/mol. The second kappa shape index (κ2) is 15.5. The van der Waals surface area contributed by atoms with Crippen molar-refractivity contribution >= 4 is 21.5 Å².